The third kappa shape index (κ3) is 3.67. The summed E-state index contributed by atoms with van der Waals surface area (Å²) >= 11 is 0. The molecule has 3 atom stereocenters. The van der Waals surface area contributed by atoms with Crippen LogP contribution in [0.15, 0.2) is 24.3 Å². The minimum Gasteiger partial charge on any atom is -0.465 e. The van der Waals surface area contributed by atoms with E-state index in [-0.39, 0.29) is 18.1 Å². The van der Waals surface area contributed by atoms with Gasteiger partial charge in [0.15, 0.2) is 0 Å². The molecule has 2 saturated heterocycles. The van der Waals surface area contributed by atoms with Crippen molar-refractivity contribution in [3.63, 3.8) is 0 Å². The number of likely N-dealkylation sites (tertiary alicyclic amines) is 2. The molecule has 2 heterocycles. The van der Waals surface area contributed by atoms with Crippen LogP contribution in [0, 0.1) is 24.2 Å². The largest absolute Gasteiger partial charge is 0.465 e. The first kappa shape index (κ1) is 18.2. The van der Waals surface area contributed by atoms with Crippen LogP contribution in [-0.4, -0.2) is 58.9 Å². The van der Waals surface area contributed by atoms with Crippen molar-refractivity contribution in [1.29, 1.82) is 0 Å². The quantitative estimate of drug-likeness (QED) is 0.880. The van der Waals surface area contributed by atoms with Gasteiger partial charge in [0.2, 0.25) is 0 Å². The molecule has 0 aromatic heterocycles. The zero-order valence-corrected chi connectivity index (χ0v) is 15.5. The second-order valence-electron chi connectivity index (χ2n) is 8.51. The van der Waals surface area contributed by atoms with E-state index >= 15 is 0 Å². The number of nitrogens with zero attached hydrogens (tertiary/aromatic N) is 2. The lowest BCUT2D eigenvalue weighted by Gasteiger charge is -2.42. The molecular formula is C20H30N2O3. The molecule has 0 bridgehead atoms. The van der Waals surface area contributed by atoms with Crippen molar-refractivity contribution in [2.45, 2.75) is 33.2 Å². The molecule has 0 unspecified atom stereocenters. The Balaban J connectivity index is 1.88. The normalized spacial score (nSPS) is 27.4. The van der Waals surface area contributed by atoms with Crippen LogP contribution in [0.4, 0.5) is 4.79 Å². The maximum absolute atomic E-state index is 11.9. The highest BCUT2D eigenvalue weighted by Crippen LogP contribution is 2.45. The lowest BCUT2D eigenvalue weighted by atomic mass is 9.78. The first-order valence-electron chi connectivity index (χ1n) is 9.21. The van der Waals surface area contributed by atoms with Crippen LogP contribution >= 0.6 is 0 Å². The number of rotatable bonds is 4. The highest BCUT2D eigenvalue weighted by Gasteiger charge is 2.46. The molecule has 1 aromatic carbocycles. The second kappa shape index (κ2) is 6.96. The maximum Gasteiger partial charge on any atom is 0.407 e. The zero-order valence-electron chi connectivity index (χ0n) is 15.5. The fourth-order valence-corrected chi connectivity index (χ4v) is 4.64. The number of amides is 1. The van der Waals surface area contributed by atoms with Crippen molar-refractivity contribution in [3.8, 4) is 0 Å². The summed E-state index contributed by atoms with van der Waals surface area (Å²) < 4.78 is 0. The van der Waals surface area contributed by atoms with Gasteiger partial charge in [0, 0.05) is 44.1 Å². The average molecular weight is 346 g/mol. The first-order chi connectivity index (χ1) is 11.8. The molecule has 138 valence electrons. The molecule has 0 spiro atoms. The number of hydrogen-bond acceptors (Lipinski definition) is 3. The molecule has 0 radical (unpaired) electrons. The Bertz CT molecular complexity index is 631. The van der Waals surface area contributed by atoms with Gasteiger partial charge in [-0.2, -0.15) is 0 Å². The Morgan fingerprint density at radius 2 is 2.00 bits per heavy atom. The predicted octanol–water partition coefficient (Wildman–Crippen LogP) is 2.99. The molecule has 2 aliphatic rings. The molecule has 5 nitrogen and oxygen atoms in total. The SMILES string of the molecule is Cc1ccccc1[C@H]1[C@@H]2CN(CC(C)(C)CO)C[C@H]2CCN1C(=O)O. The summed E-state index contributed by atoms with van der Waals surface area (Å²) in [6.45, 7) is 9.76. The summed E-state index contributed by atoms with van der Waals surface area (Å²) in [5, 5.41) is 19.3. The van der Waals surface area contributed by atoms with Gasteiger partial charge in [-0.1, -0.05) is 38.1 Å². The number of fused-ring (bicyclic) bond motifs is 1. The topological polar surface area (TPSA) is 64.0 Å². The van der Waals surface area contributed by atoms with Gasteiger partial charge < -0.3 is 20.0 Å². The molecular weight excluding hydrogens is 316 g/mol. The Kier molecular flexibility index (Phi) is 5.07. The fourth-order valence-electron chi connectivity index (χ4n) is 4.64. The standard InChI is InChI=1S/C20H30N2O3/c1-14-6-4-5-7-16(14)18-17-11-21(12-20(2,3)13-23)10-15(17)8-9-22(18)19(24)25/h4-7,15,17-18,23H,8-13H2,1-3H3,(H,24,25)/t15-,17-,18+/m1/s1. The van der Waals surface area contributed by atoms with E-state index in [4.69, 9.17) is 0 Å². The summed E-state index contributed by atoms with van der Waals surface area (Å²) in [5.74, 6) is 0.843. The van der Waals surface area contributed by atoms with E-state index < -0.39 is 6.09 Å². The van der Waals surface area contributed by atoms with Crippen molar-refractivity contribution in [2.75, 3.05) is 32.8 Å². The van der Waals surface area contributed by atoms with Gasteiger partial charge in [-0.05, 0) is 30.4 Å². The minimum absolute atomic E-state index is 0.0697. The second-order valence-corrected chi connectivity index (χ2v) is 8.51. The fraction of sp³-hybridized carbons (Fsp3) is 0.650. The summed E-state index contributed by atoms with van der Waals surface area (Å²) in [6, 6.07) is 8.10. The van der Waals surface area contributed by atoms with Crippen LogP contribution in [0.5, 0.6) is 0 Å². The van der Waals surface area contributed by atoms with Crippen LogP contribution in [-0.2, 0) is 0 Å². The van der Waals surface area contributed by atoms with E-state index in [9.17, 15) is 15.0 Å². The molecule has 1 aromatic rings. The Hall–Kier alpha value is -1.59. The van der Waals surface area contributed by atoms with Crippen molar-refractivity contribution in [1.82, 2.24) is 9.80 Å². The molecule has 5 heteroatoms. The summed E-state index contributed by atoms with van der Waals surface area (Å²) in [5.41, 5.74) is 2.18. The molecule has 0 saturated carbocycles. The number of piperidine rings is 1. The lowest BCUT2D eigenvalue weighted by molar-refractivity contribution is 0.0639. The van der Waals surface area contributed by atoms with E-state index in [1.54, 1.807) is 4.90 Å². The third-order valence-corrected chi connectivity index (χ3v) is 5.88. The number of benzene rings is 1. The Morgan fingerprint density at radius 3 is 2.64 bits per heavy atom. The molecule has 2 aliphatic heterocycles. The van der Waals surface area contributed by atoms with Gasteiger partial charge in [-0.15, -0.1) is 0 Å². The van der Waals surface area contributed by atoms with Gasteiger partial charge in [-0.3, -0.25) is 0 Å². The van der Waals surface area contributed by atoms with E-state index in [0.29, 0.717) is 18.4 Å². The number of aliphatic hydroxyl groups excluding tert-OH is 1. The maximum atomic E-state index is 11.9. The number of carboxylic acid groups (broad SMARTS) is 1. The minimum atomic E-state index is -0.819. The summed E-state index contributed by atoms with van der Waals surface area (Å²) in [7, 11) is 0. The van der Waals surface area contributed by atoms with Crippen molar-refractivity contribution >= 4 is 6.09 Å². The van der Waals surface area contributed by atoms with Gasteiger partial charge in [-0.25, -0.2) is 4.79 Å². The number of hydrogen-bond donors (Lipinski definition) is 2. The third-order valence-electron chi connectivity index (χ3n) is 5.88. The monoisotopic (exact) mass is 346 g/mol. The van der Waals surface area contributed by atoms with Crippen LogP contribution in [0.3, 0.4) is 0 Å². The van der Waals surface area contributed by atoms with Crippen LogP contribution < -0.4 is 0 Å². The number of carbonyl (C=O) groups is 1. The van der Waals surface area contributed by atoms with Gasteiger partial charge in [0.05, 0.1) is 6.04 Å². The molecule has 25 heavy (non-hydrogen) atoms. The van der Waals surface area contributed by atoms with Gasteiger partial charge in [0.1, 0.15) is 0 Å². The number of aliphatic hydroxyl groups is 1. The zero-order chi connectivity index (χ0) is 18.2. The van der Waals surface area contributed by atoms with Crippen molar-refractivity contribution in [3.05, 3.63) is 35.4 Å². The molecule has 2 fully saturated rings. The highest BCUT2D eigenvalue weighted by atomic mass is 16.4. The molecule has 1 amide bonds. The summed E-state index contributed by atoms with van der Waals surface area (Å²) in [6.07, 6.45) is 0.107. The predicted molar refractivity (Wildman–Crippen MR) is 97.6 cm³/mol. The molecule has 0 aliphatic carbocycles. The summed E-state index contributed by atoms with van der Waals surface area (Å²) in [4.78, 5) is 15.9. The van der Waals surface area contributed by atoms with E-state index in [1.165, 1.54) is 0 Å². The molecule has 2 N–H and O–H groups in total. The molecule has 3 rings (SSSR count). The van der Waals surface area contributed by atoms with Crippen molar-refractivity contribution < 1.29 is 15.0 Å². The first-order valence-corrected chi connectivity index (χ1v) is 9.21. The van der Waals surface area contributed by atoms with Gasteiger partial charge in [0.25, 0.3) is 0 Å². The number of aryl methyl sites for hydroxylation is 1. The van der Waals surface area contributed by atoms with Crippen LogP contribution in [0.25, 0.3) is 0 Å². The average Bonchev–Trinajstić information content (AvgIpc) is 2.96. The smallest absolute Gasteiger partial charge is 0.407 e. The van der Waals surface area contributed by atoms with Gasteiger partial charge >= 0.3 is 6.09 Å². The lowest BCUT2D eigenvalue weighted by Crippen LogP contribution is -2.45. The van der Waals surface area contributed by atoms with E-state index in [0.717, 1.165) is 37.2 Å². The van der Waals surface area contributed by atoms with E-state index in [1.807, 2.05) is 12.1 Å². The Morgan fingerprint density at radius 1 is 1.28 bits per heavy atom. The van der Waals surface area contributed by atoms with Crippen LogP contribution in [0.1, 0.15) is 37.4 Å². The highest BCUT2D eigenvalue weighted by molar-refractivity contribution is 5.66. The van der Waals surface area contributed by atoms with Crippen molar-refractivity contribution in [2.24, 2.45) is 17.3 Å². The van der Waals surface area contributed by atoms with E-state index in [2.05, 4.69) is 37.8 Å². The Labute approximate surface area is 150 Å². The van der Waals surface area contributed by atoms with Crippen LogP contribution in [0.2, 0.25) is 0 Å².